The summed E-state index contributed by atoms with van der Waals surface area (Å²) in [4.78, 5) is 28.4. The number of likely N-dealkylation sites (N-methyl/N-ethyl adjacent to an activating group) is 1. The summed E-state index contributed by atoms with van der Waals surface area (Å²) < 4.78 is 37.3. The molecule has 3 aromatic rings. The normalized spacial score (nSPS) is 13.0. The fourth-order valence-corrected chi connectivity index (χ4v) is 5.00. The number of benzene rings is 3. The van der Waals surface area contributed by atoms with Gasteiger partial charge in [-0.05, 0) is 23.3 Å². The summed E-state index contributed by atoms with van der Waals surface area (Å²) in [5.41, 5.74) is 1.95. The van der Waals surface area contributed by atoms with E-state index in [1.54, 1.807) is 12.1 Å². The first-order valence-corrected chi connectivity index (χ1v) is 13.6. The van der Waals surface area contributed by atoms with Crippen molar-refractivity contribution in [2.45, 2.75) is 19.0 Å². The fraction of sp³-hybridized carbons (Fsp3) is 0.259. The molecule has 0 aromatic heterocycles. The molecule has 0 radical (unpaired) electrons. The number of anilines is 1. The molecular weight excluding hydrogens is 494 g/mol. The second-order valence-electron chi connectivity index (χ2n) is 8.63. The first-order valence-electron chi connectivity index (χ1n) is 11.7. The van der Waals surface area contributed by atoms with Crippen molar-refractivity contribution in [2.24, 2.45) is 0 Å². The van der Waals surface area contributed by atoms with Crippen LogP contribution in [-0.2, 0) is 32.6 Å². The summed E-state index contributed by atoms with van der Waals surface area (Å²) in [5, 5.41) is 2.65. The Balaban J connectivity index is 1.69. The predicted octanol–water partition coefficient (Wildman–Crippen LogP) is 2.57. The number of ether oxygens (including phenoxy) is 2. The van der Waals surface area contributed by atoms with Crippen molar-refractivity contribution in [2.75, 3.05) is 30.9 Å². The van der Waals surface area contributed by atoms with Gasteiger partial charge in [0.05, 0.1) is 11.9 Å². The minimum atomic E-state index is -3.86. The number of carbonyl (C=O) groups excluding carboxylic acids is 2. The minimum Gasteiger partial charge on any atom is -0.454 e. The maximum atomic E-state index is 13.8. The number of sulfonamides is 1. The lowest BCUT2D eigenvalue weighted by Gasteiger charge is -2.33. The van der Waals surface area contributed by atoms with Gasteiger partial charge in [-0.15, -0.1) is 0 Å². The summed E-state index contributed by atoms with van der Waals surface area (Å²) in [6.45, 7) is -0.328. The lowest BCUT2D eigenvalue weighted by Crippen LogP contribution is -2.52. The van der Waals surface area contributed by atoms with Gasteiger partial charge in [-0.1, -0.05) is 60.7 Å². The van der Waals surface area contributed by atoms with Crippen molar-refractivity contribution in [1.29, 1.82) is 0 Å². The lowest BCUT2D eigenvalue weighted by atomic mass is 10.0. The first-order chi connectivity index (χ1) is 17.8. The van der Waals surface area contributed by atoms with Crippen LogP contribution in [0.3, 0.4) is 0 Å². The lowest BCUT2D eigenvalue weighted by molar-refractivity contribution is -0.139. The van der Waals surface area contributed by atoms with Crippen LogP contribution in [0.5, 0.6) is 11.5 Å². The minimum absolute atomic E-state index is 0.0364. The van der Waals surface area contributed by atoms with E-state index in [4.69, 9.17) is 9.47 Å². The number of rotatable bonds is 10. The molecule has 4 rings (SSSR count). The van der Waals surface area contributed by atoms with Crippen molar-refractivity contribution < 1.29 is 27.5 Å². The quantitative estimate of drug-likeness (QED) is 0.438. The van der Waals surface area contributed by atoms with E-state index in [2.05, 4.69) is 5.32 Å². The summed E-state index contributed by atoms with van der Waals surface area (Å²) in [6.07, 6.45) is 1.30. The highest BCUT2D eigenvalue weighted by molar-refractivity contribution is 7.92. The number of hydrogen-bond donors (Lipinski definition) is 1. The average Bonchev–Trinajstić information content (AvgIpc) is 3.37. The van der Waals surface area contributed by atoms with E-state index in [0.29, 0.717) is 11.5 Å². The Morgan fingerprint density at radius 1 is 0.919 bits per heavy atom. The third kappa shape index (κ3) is 6.39. The molecule has 1 aliphatic heterocycles. The molecule has 1 atom stereocenters. The maximum absolute atomic E-state index is 13.8. The molecule has 0 bridgehead atoms. The monoisotopic (exact) mass is 523 g/mol. The number of nitrogens with one attached hydrogen (secondary N) is 1. The van der Waals surface area contributed by atoms with Gasteiger partial charge in [0.1, 0.15) is 12.6 Å². The average molecular weight is 524 g/mol. The highest BCUT2D eigenvalue weighted by atomic mass is 32.2. The number of hydrogen-bond acceptors (Lipinski definition) is 6. The van der Waals surface area contributed by atoms with Gasteiger partial charge in [0.2, 0.25) is 28.6 Å². The van der Waals surface area contributed by atoms with Gasteiger partial charge in [0, 0.05) is 26.1 Å². The molecule has 1 aliphatic rings. The van der Waals surface area contributed by atoms with Crippen molar-refractivity contribution >= 4 is 27.5 Å². The second-order valence-corrected chi connectivity index (χ2v) is 10.5. The highest BCUT2D eigenvalue weighted by Gasteiger charge is 2.33. The zero-order chi connectivity index (χ0) is 26.4. The molecule has 9 nitrogen and oxygen atoms in total. The van der Waals surface area contributed by atoms with E-state index in [1.807, 2.05) is 60.7 Å². The Bertz CT molecular complexity index is 1350. The van der Waals surface area contributed by atoms with Crippen molar-refractivity contribution in [3.8, 4) is 11.5 Å². The summed E-state index contributed by atoms with van der Waals surface area (Å²) in [6, 6.07) is 22.5. The van der Waals surface area contributed by atoms with E-state index in [1.165, 1.54) is 18.0 Å². The Morgan fingerprint density at radius 3 is 2.16 bits per heavy atom. The van der Waals surface area contributed by atoms with Gasteiger partial charge in [-0.2, -0.15) is 0 Å². The van der Waals surface area contributed by atoms with E-state index in [0.717, 1.165) is 21.7 Å². The Kier molecular flexibility index (Phi) is 7.98. The molecule has 194 valence electrons. The topological polar surface area (TPSA) is 105 Å². The van der Waals surface area contributed by atoms with Crippen LogP contribution in [0.15, 0.2) is 78.9 Å². The molecule has 0 aliphatic carbocycles. The maximum Gasteiger partial charge on any atom is 0.244 e. The number of nitrogens with zero attached hydrogens (tertiary/aromatic N) is 2. The van der Waals surface area contributed by atoms with Gasteiger partial charge in [-0.3, -0.25) is 13.9 Å². The van der Waals surface area contributed by atoms with E-state index >= 15 is 0 Å². The highest BCUT2D eigenvalue weighted by Crippen LogP contribution is 2.36. The van der Waals surface area contributed by atoms with Gasteiger partial charge >= 0.3 is 0 Å². The summed E-state index contributed by atoms with van der Waals surface area (Å²) in [7, 11) is -2.34. The predicted molar refractivity (Wildman–Crippen MR) is 140 cm³/mol. The molecule has 37 heavy (non-hydrogen) atoms. The number of amides is 2. The first kappa shape index (κ1) is 26.0. The molecule has 0 saturated carbocycles. The Labute approximate surface area is 216 Å². The molecular formula is C27H29N3O6S. The molecule has 0 fully saturated rings. The van der Waals surface area contributed by atoms with Gasteiger partial charge < -0.3 is 19.7 Å². The molecule has 2 amide bonds. The van der Waals surface area contributed by atoms with Crippen LogP contribution in [0.4, 0.5) is 5.69 Å². The van der Waals surface area contributed by atoms with Crippen LogP contribution in [0.2, 0.25) is 0 Å². The van der Waals surface area contributed by atoms with Crippen LogP contribution < -0.4 is 19.1 Å². The standard InChI is InChI=1S/C27H29N3O6S/c1-28-27(32)23(15-20-9-5-3-6-10-20)29(17-21-11-7-4-8-12-21)26(31)18-30(37(2,33)34)22-13-14-24-25(16-22)36-19-35-24/h3-14,16,23H,15,17-19H2,1-2H3,(H,28,32). The molecule has 1 N–H and O–H groups in total. The van der Waals surface area contributed by atoms with Gasteiger partial charge in [0.15, 0.2) is 11.5 Å². The molecule has 0 spiro atoms. The molecule has 1 unspecified atom stereocenters. The molecule has 1 heterocycles. The SMILES string of the molecule is CNC(=O)C(Cc1ccccc1)N(Cc1ccccc1)C(=O)CN(c1ccc2c(c1)OCO2)S(C)(=O)=O. The largest absolute Gasteiger partial charge is 0.454 e. The Hall–Kier alpha value is -4.05. The molecule has 3 aromatic carbocycles. The van der Waals surface area contributed by atoms with Gasteiger partial charge in [-0.25, -0.2) is 8.42 Å². The van der Waals surface area contributed by atoms with Crippen LogP contribution in [0.1, 0.15) is 11.1 Å². The van der Waals surface area contributed by atoms with Crippen LogP contribution >= 0.6 is 0 Å². The smallest absolute Gasteiger partial charge is 0.244 e. The van der Waals surface area contributed by atoms with Crippen molar-refractivity contribution in [1.82, 2.24) is 10.2 Å². The number of fused-ring (bicyclic) bond motifs is 1. The van der Waals surface area contributed by atoms with Gasteiger partial charge in [0.25, 0.3) is 0 Å². The summed E-state index contributed by atoms with van der Waals surface area (Å²) >= 11 is 0. The van der Waals surface area contributed by atoms with E-state index in [9.17, 15) is 18.0 Å². The zero-order valence-corrected chi connectivity index (χ0v) is 21.5. The van der Waals surface area contributed by atoms with Crippen LogP contribution in [0.25, 0.3) is 0 Å². The number of carbonyl (C=O) groups is 2. The zero-order valence-electron chi connectivity index (χ0n) is 20.7. The third-order valence-corrected chi connectivity index (χ3v) is 7.18. The third-order valence-electron chi connectivity index (χ3n) is 6.04. The van der Waals surface area contributed by atoms with Crippen molar-refractivity contribution in [3.63, 3.8) is 0 Å². The van der Waals surface area contributed by atoms with E-state index < -0.39 is 28.5 Å². The van der Waals surface area contributed by atoms with Crippen LogP contribution in [-0.4, -0.2) is 57.8 Å². The fourth-order valence-electron chi connectivity index (χ4n) is 4.15. The summed E-state index contributed by atoms with van der Waals surface area (Å²) in [5.74, 6) is 0.0300. The van der Waals surface area contributed by atoms with E-state index in [-0.39, 0.29) is 31.4 Å². The molecule has 0 saturated heterocycles. The van der Waals surface area contributed by atoms with Crippen LogP contribution in [0, 0.1) is 0 Å². The Morgan fingerprint density at radius 2 is 1.54 bits per heavy atom. The second kappa shape index (κ2) is 11.3. The van der Waals surface area contributed by atoms with Crippen molar-refractivity contribution in [3.05, 3.63) is 90.0 Å². The molecule has 10 heteroatoms.